The molecule has 0 aromatic heterocycles. The van der Waals surface area contributed by atoms with Crippen LogP contribution >= 0.6 is 11.6 Å². The van der Waals surface area contributed by atoms with Crippen molar-refractivity contribution in [3.63, 3.8) is 0 Å². The van der Waals surface area contributed by atoms with E-state index in [4.69, 9.17) is 26.2 Å². The first kappa shape index (κ1) is 14.6. The molecule has 1 atom stereocenters. The van der Waals surface area contributed by atoms with Crippen LogP contribution in [0, 0.1) is 0 Å². The lowest BCUT2D eigenvalue weighted by Gasteiger charge is -2.13. The monoisotopic (exact) mass is 273 g/mol. The first-order valence-electron chi connectivity index (χ1n) is 5.38. The highest BCUT2D eigenvalue weighted by Gasteiger charge is 2.18. The van der Waals surface area contributed by atoms with Crippen LogP contribution < -0.4 is 14.8 Å². The van der Waals surface area contributed by atoms with Crippen LogP contribution in [-0.2, 0) is 4.79 Å². The van der Waals surface area contributed by atoms with Gasteiger partial charge in [0.15, 0.2) is 11.5 Å². The maximum Gasteiger partial charge on any atom is 0.242 e. The summed E-state index contributed by atoms with van der Waals surface area (Å²) in [5.74, 6) is 0.717. The van der Waals surface area contributed by atoms with E-state index in [1.807, 2.05) is 0 Å². The fourth-order valence-corrected chi connectivity index (χ4v) is 1.64. The van der Waals surface area contributed by atoms with Crippen molar-refractivity contribution < 1.29 is 19.4 Å². The van der Waals surface area contributed by atoms with Gasteiger partial charge in [-0.25, -0.2) is 0 Å². The fraction of sp³-hybridized carbons (Fsp3) is 0.417. The Balaban J connectivity index is 2.85. The minimum Gasteiger partial charge on any atom is -0.493 e. The van der Waals surface area contributed by atoms with E-state index in [1.165, 1.54) is 14.2 Å². The highest BCUT2D eigenvalue weighted by atomic mass is 35.5. The van der Waals surface area contributed by atoms with Gasteiger partial charge < -0.3 is 19.9 Å². The molecule has 0 saturated carbocycles. The Kier molecular flexibility index (Phi) is 5.74. The highest BCUT2D eigenvalue weighted by molar-refractivity contribution is 6.30. The molecular formula is C12H16ClNO4. The highest BCUT2D eigenvalue weighted by Crippen LogP contribution is 2.32. The Hall–Kier alpha value is -1.46. The molecule has 100 valence electrons. The van der Waals surface area contributed by atoms with Crippen LogP contribution in [0.1, 0.15) is 10.9 Å². The third-order valence-electron chi connectivity index (χ3n) is 2.34. The average molecular weight is 274 g/mol. The SMILES string of the molecule is COc1ccc(C(Cl)C(=O)NCCO)cc1OC. The van der Waals surface area contributed by atoms with Gasteiger partial charge in [0, 0.05) is 6.54 Å². The number of carbonyl (C=O) groups is 1. The summed E-state index contributed by atoms with van der Waals surface area (Å²) in [6.07, 6.45) is 0. The Morgan fingerprint density at radius 3 is 2.61 bits per heavy atom. The second-order valence-corrected chi connectivity index (χ2v) is 3.93. The lowest BCUT2D eigenvalue weighted by molar-refractivity contribution is -0.121. The first-order valence-corrected chi connectivity index (χ1v) is 5.82. The molecule has 1 rings (SSSR count). The number of halogens is 1. The normalized spacial score (nSPS) is 11.8. The number of aliphatic hydroxyl groups excluding tert-OH is 1. The Morgan fingerprint density at radius 2 is 2.06 bits per heavy atom. The molecule has 1 amide bonds. The van der Waals surface area contributed by atoms with Crippen molar-refractivity contribution in [3.05, 3.63) is 23.8 Å². The summed E-state index contributed by atoms with van der Waals surface area (Å²) in [4.78, 5) is 11.6. The number of alkyl halides is 1. The van der Waals surface area contributed by atoms with Crippen molar-refractivity contribution in [3.8, 4) is 11.5 Å². The Labute approximate surface area is 111 Å². The van der Waals surface area contributed by atoms with Crippen molar-refractivity contribution in [2.24, 2.45) is 0 Å². The Bertz CT molecular complexity index is 411. The molecule has 0 aliphatic rings. The fourth-order valence-electron chi connectivity index (χ4n) is 1.43. The van der Waals surface area contributed by atoms with E-state index in [2.05, 4.69) is 5.32 Å². The number of amides is 1. The molecule has 0 radical (unpaired) electrons. The van der Waals surface area contributed by atoms with Crippen LogP contribution in [0.15, 0.2) is 18.2 Å². The molecule has 2 N–H and O–H groups in total. The third kappa shape index (κ3) is 3.51. The van der Waals surface area contributed by atoms with Gasteiger partial charge in [0.2, 0.25) is 5.91 Å². The molecule has 5 nitrogen and oxygen atoms in total. The van der Waals surface area contributed by atoms with Crippen LogP contribution in [-0.4, -0.2) is 38.4 Å². The molecule has 18 heavy (non-hydrogen) atoms. The summed E-state index contributed by atoms with van der Waals surface area (Å²) in [6.45, 7) is 0.0522. The van der Waals surface area contributed by atoms with E-state index in [0.717, 1.165) is 0 Å². The van der Waals surface area contributed by atoms with Crippen molar-refractivity contribution >= 4 is 17.5 Å². The van der Waals surface area contributed by atoms with Crippen molar-refractivity contribution in [1.29, 1.82) is 0 Å². The van der Waals surface area contributed by atoms with Gasteiger partial charge in [-0.05, 0) is 17.7 Å². The van der Waals surface area contributed by atoms with Crippen LogP contribution in [0.25, 0.3) is 0 Å². The third-order valence-corrected chi connectivity index (χ3v) is 2.79. The van der Waals surface area contributed by atoms with E-state index in [-0.39, 0.29) is 19.1 Å². The van der Waals surface area contributed by atoms with Crippen LogP contribution in [0.4, 0.5) is 0 Å². The lowest BCUT2D eigenvalue weighted by Crippen LogP contribution is -2.29. The van der Waals surface area contributed by atoms with Crippen molar-refractivity contribution in [1.82, 2.24) is 5.32 Å². The summed E-state index contributed by atoms with van der Waals surface area (Å²) >= 11 is 6.03. The van der Waals surface area contributed by atoms with E-state index < -0.39 is 5.38 Å². The van der Waals surface area contributed by atoms with Gasteiger partial charge in [-0.3, -0.25) is 4.79 Å². The van der Waals surface area contributed by atoms with Gasteiger partial charge in [-0.2, -0.15) is 0 Å². The second-order valence-electron chi connectivity index (χ2n) is 3.49. The molecule has 0 saturated heterocycles. The van der Waals surface area contributed by atoms with Crippen LogP contribution in [0.3, 0.4) is 0 Å². The minimum atomic E-state index is -0.837. The minimum absolute atomic E-state index is 0.124. The van der Waals surface area contributed by atoms with E-state index in [0.29, 0.717) is 17.1 Å². The molecule has 0 aliphatic heterocycles. The smallest absolute Gasteiger partial charge is 0.242 e. The van der Waals surface area contributed by atoms with Gasteiger partial charge in [-0.15, -0.1) is 11.6 Å². The number of benzene rings is 1. The van der Waals surface area contributed by atoms with Gasteiger partial charge in [-0.1, -0.05) is 6.07 Å². The maximum absolute atomic E-state index is 11.6. The molecule has 0 bridgehead atoms. The van der Waals surface area contributed by atoms with Crippen molar-refractivity contribution in [2.45, 2.75) is 5.38 Å². The molecule has 0 fully saturated rings. The number of ether oxygens (including phenoxy) is 2. The van der Waals surface area contributed by atoms with Crippen molar-refractivity contribution in [2.75, 3.05) is 27.4 Å². The van der Waals surface area contributed by atoms with E-state index >= 15 is 0 Å². The summed E-state index contributed by atoms with van der Waals surface area (Å²) in [5, 5.41) is 10.3. The van der Waals surface area contributed by atoms with Gasteiger partial charge in [0.1, 0.15) is 5.38 Å². The van der Waals surface area contributed by atoms with E-state index in [1.54, 1.807) is 18.2 Å². The summed E-state index contributed by atoms with van der Waals surface area (Å²) in [5.41, 5.74) is 0.602. The van der Waals surface area contributed by atoms with Gasteiger partial charge >= 0.3 is 0 Å². The molecule has 1 aromatic carbocycles. The molecule has 0 spiro atoms. The predicted octanol–water partition coefficient (Wildman–Crippen LogP) is 1.09. The average Bonchev–Trinajstić information content (AvgIpc) is 2.42. The lowest BCUT2D eigenvalue weighted by atomic mass is 10.1. The Morgan fingerprint density at radius 1 is 1.39 bits per heavy atom. The first-order chi connectivity index (χ1) is 8.63. The quantitative estimate of drug-likeness (QED) is 0.762. The zero-order valence-electron chi connectivity index (χ0n) is 10.3. The van der Waals surface area contributed by atoms with Crippen LogP contribution in [0.2, 0.25) is 0 Å². The predicted molar refractivity (Wildman–Crippen MR) is 68.2 cm³/mol. The molecule has 6 heteroatoms. The number of nitrogens with one attached hydrogen (secondary N) is 1. The topological polar surface area (TPSA) is 67.8 Å². The number of rotatable bonds is 6. The van der Waals surface area contributed by atoms with E-state index in [9.17, 15) is 4.79 Å². The largest absolute Gasteiger partial charge is 0.493 e. The number of hydrogen-bond acceptors (Lipinski definition) is 4. The summed E-state index contributed by atoms with van der Waals surface area (Å²) in [7, 11) is 3.04. The molecular weight excluding hydrogens is 258 g/mol. The number of aliphatic hydroxyl groups is 1. The van der Waals surface area contributed by atoms with Gasteiger partial charge in [0.25, 0.3) is 0 Å². The summed E-state index contributed by atoms with van der Waals surface area (Å²) in [6, 6.07) is 5.02. The number of hydrogen-bond donors (Lipinski definition) is 2. The second kappa shape index (κ2) is 7.08. The molecule has 0 aliphatic carbocycles. The van der Waals surface area contributed by atoms with Crippen LogP contribution in [0.5, 0.6) is 11.5 Å². The molecule has 1 unspecified atom stereocenters. The number of methoxy groups -OCH3 is 2. The summed E-state index contributed by atoms with van der Waals surface area (Å²) < 4.78 is 10.2. The van der Waals surface area contributed by atoms with Gasteiger partial charge in [0.05, 0.1) is 20.8 Å². The molecule has 1 aromatic rings. The maximum atomic E-state index is 11.6. The zero-order valence-corrected chi connectivity index (χ0v) is 11.0. The standard InChI is InChI=1S/C12H16ClNO4/c1-17-9-4-3-8(7-10(9)18-2)11(13)12(16)14-5-6-15/h3-4,7,11,15H,5-6H2,1-2H3,(H,14,16). The zero-order chi connectivity index (χ0) is 13.5. The molecule has 0 heterocycles. The number of carbonyl (C=O) groups excluding carboxylic acids is 1.